The Morgan fingerprint density at radius 2 is 0.786 bits per heavy atom. The van der Waals surface area contributed by atoms with Gasteiger partial charge in [-0.1, -0.05) is 288 Å². The molecule has 2 rings (SSSR count). The number of hydrogen-bond acceptors (Lipinski definition) is 13. The van der Waals surface area contributed by atoms with E-state index in [-0.39, 0.29) is 18.9 Å². The molecule has 0 aromatic rings. The topological polar surface area (TPSA) is 228 Å². The van der Waals surface area contributed by atoms with Gasteiger partial charge >= 0.3 is 0 Å². The first-order valence-electron chi connectivity index (χ1n) is 35.2. The third-order valence-corrected chi connectivity index (χ3v) is 17.3. The maximum absolute atomic E-state index is 13.2. The van der Waals surface area contributed by atoms with Crippen molar-refractivity contribution < 1.29 is 64.6 Å². The monoisotopic (exact) mass is 1190 g/mol. The number of nitrogens with one attached hydrogen (secondary N) is 1. The zero-order valence-corrected chi connectivity index (χ0v) is 53.7. The van der Waals surface area contributed by atoms with Crippen LogP contribution in [0.3, 0.4) is 0 Å². The predicted molar refractivity (Wildman–Crippen MR) is 341 cm³/mol. The third kappa shape index (κ3) is 39.3. The highest BCUT2D eigenvalue weighted by Gasteiger charge is 2.51. The summed E-state index contributed by atoms with van der Waals surface area (Å²) in [5.41, 5.74) is 0. The minimum atomic E-state index is -1.79. The highest BCUT2D eigenvalue weighted by Crippen LogP contribution is 2.30. The Kier molecular flexibility index (Phi) is 51.5. The van der Waals surface area contributed by atoms with E-state index in [1.165, 1.54) is 238 Å². The summed E-state index contributed by atoms with van der Waals surface area (Å²) in [7, 11) is 0. The Bertz CT molecular complexity index is 1550. The zero-order valence-electron chi connectivity index (χ0n) is 53.7. The molecule has 0 aromatic heterocycles. The Balaban J connectivity index is 1.48. The van der Waals surface area contributed by atoms with Gasteiger partial charge in [0.25, 0.3) is 0 Å². The predicted octanol–water partition coefficient (Wildman–Crippen LogP) is 14.1. The number of carbonyl (C=O) groups excluding carboxylic acids is 1. The van der Waals surface area contributed by atoms with Gasteiger partial charge in [0.15, 0.2) is 12.6 Å². The number of unbranched alkanes of at least 4 members (excludes halogenated alkanes) is 41. The molecule has 1 amide bonds. The first kappa shape index (κ1) is 78.3. The lowest BCUT2D eigenvalue weighted by Gasteiger charge is -2.46. The molecule has 12 unspecified atom stereocenters. The molecule has 2 aliphatic rings. The van der Waals surface area contributed by atoms with Gasteiger partial charge in [-0.2, -0.15) is 0 Å². The van der Waals surface area contributed by atoms with Gasteiger partial charge < -0.3 is 65.1 Å². The maximum atomic E-state index is 13.2. The lowest BCUT2D eigenvalue weighted by Crippen LogP contribution is -2.65. The quantitative estimate of drug-likeness (QED) is 0.0204. The van der Waals surface area contributed by atoms with E-state index >= 15 is 0 Å². The van der Waals surface area contributed by atoms with Gasteiger partial charge in [0.2, 0.25) is 5.91 Å². The van der Waals surface area contributed by atoms with Gasteiger partial charge in [-0.3, -0.25) is 4.79 Å². The number of rotatable bonds is 58. The van der Waals surface area contributed by atoms with Gasteiger partial charge in [-0.25, -0.2) is 0 Å². The van der Waals surface area contributed by atoms with Gasteiger partial charge in [0, 0.05) is 6.42 Å². The van der Waals surface area contributed by atoms with Gasteiger partial charge in [0.05, 0.1) is 32.0 Å². The van der Waals surface area contributed by atoms with Gasteiger partial charge in [0.1, 0.15) is 48.8 Å². The van der Waals surface area contributed by atoms with Crippen molar-refractivity contribution >= 4 is 5.91 Å². The summed E-state index contributed by atoms with van der Waals surface area (Å²) in [5.74, 6) is -0.237. The van der Waals surface area contributed by atoms with Crippen LogP contribution in [0, 0.1) is 0 Å². The number of allylic oxidation sites excluding steroid dienone is 5. The third-order valence-electron chi connectivity index (χ3n) is 17.3. The summed E-state index contributed by atoms with van der Waals surface area (Å²) in [5, 5.41) is 86.9. The summed E-state index contributed by atoms with van der Waals surface area (Å²) in [6.45, 7) is 2.77. The van der Waals surface area contributed by atoms with Crippen molar-refractivity contribution in [2.75, 3.05) is 19.8 Å². The van der Waals surface area contributed by atoms with Crippen molar-refractivity contribution in [1.82, 2.24) is 5.32 Å². The maximum Gasteiger partial charge on any atom is 0.220 e. The number of aliphatic hydroxyl groups excluding tert-OH is 8. The van der Waals surface area contributed by atoms with Crippen LogP contribution in [0.1, 0.15) is 309 Å². The number of hydrogen-bond donors (Lipinski definition) is 9. The molecule has 2 fully saturated rings. The van der Waals surface area contributed by atoms with Crippen LogP contribution in [0.15, 0.2) is 36.5 Å². The fourth-order valence-corrected chi connectivity index (χ4v) is 11.7. The SMILES string of the molecule is CCCCCCC/C=C\C/C=C\CCCCCCCCCCCCCCCCCCCCCCCCCCCCCCCC(=O)NC(COC1OC(CO)C(OC2OC(CO)C(O)C(O)C2O)C(O)C1O)C(O)/C=C/CCCCCCCCC. The van der Waals surface area contributed by atoms with Crippen LogP contribution in [-0.2, 0) is 23.7 Å². The van der Waals surface area contributed by atoms with E-state index in [1.807, 2.05) is 6.08 Å². The second-order valence-electron chi connectivity index (χ2n) is 25.0. The summed E-state index contributed by atoms with van der Waals surface area (Å²) in [4.78, 5) is 13.2. The van der Waals surface area contributed by atoms with Crippen LogP contribution < -0.4 is 5.32 Å². The highest BCUT2D eigenvalue weighted by atomic mass is 16.7. The second kappa shape index (κ2) is 55.3. The fourth-order valence-electron chi connectivity index (χ4n) is 11.7. The zero-order chi connectivity index (χ0) is 60.9. The molecule has 0 bridgehead atoms. The number of amides is 1. The van der Waals surface area contributed by atoms with Crippen LogP contribution in [0.2, 0.25) is 0 Å². The molecule has 14 heteroatoms. The van der Waals surface area contributed by atoms with Crippen LogP contribution in [0.5, 0.6) is 0 Å². The fraction of sp³-hybridized carbons (Fsp3) is 0.900. The average molecular weight is 1190 g/mol. The molecule has 12 atom stereocenters. The molecule has 494 valence electrons. The lowest BCUT2D eigenvalue weighted by atomic mass is 9.97. The largest absolute Gasteiger partial charge is 0.394 e. The molecule has 2 aliphatic heterocycles. The molecule has 0 aliphatic carbocycles. The molecule has 0 radical (unpaired) electrons. The van der Waals surface area contributed by atoms with Crippen molar-refractivity contribution in [3.8, 4) is 0 Å². The van der Waals surface area contributed by atoms with Crippen LogP contribution in [-0.4, -0.2) is 140 Å². The summed E-state index contributed by atoms with van der Waals surface area (Å²) < 4.78 is 22.7. The van der Waals surface area contributed by atoms with E-state index in [9.17, 15) is 45.6 Å². The number of ether oxygens (including phenoxy) is 4. The molecule has 2 heterocycles. The summed E-state index contributed by atoms with van der Waals surface area (Å²) in [6.07, 6.45) is 54.1. The summed E-state index contributed by atoms with van der Waals surface area (Å²) >= 11 is 0. The molecular weight excluding hydrogens is 1060 g/mol. The number of aliphatic hydroxyl groups is 8. The number of carbonyl (C=O) groups is 1. The van der Waals surface area contributed by atoms with Gasteiger partial charge in [-0.15, -0.1) is 0 Å². The van der Waals surface area contributed by atoms with Gasteiger partial charge in [-0.05, 0) is 51.4 Å². The Morgan fingerprint density at radius 1 is 0.429 bits per heavy atom. The molecule has 0 spiro atoms. The molecule has 14 nitrogen and oxygen atoms in total. The molecule has 2 saturated heterocycles. The Labute approximate surface area is 512 Å². The van der Waals surface area contributed by atoms with Crippen molar-refractivity contribution in [3.05, 3.63) is 36.5 Å². The Morgan fingerprint density at radius 3 is 1.19 bits per heavy atom. The molecule has 0 saturated carbocycles. The van der Waals surface area contributed by atoms with E-state index in [2.05, 4.69) is 43.5 Å². The highest BCUT2D eigenvalue weighted by molar-refractivity contribution is 5.76. The van der Waals surface area contributed by atoms with Crippen molar-refractivity contribution in [2.45, 2.75) is 383 Å². The standard InChI is InChI=1S/C70H131NO13/c1-3-5-7-9-11-13-14-15-16-17-18-19-20-21-22-23-24-25-26-27-28-29-30-31-32-33-34-35-36-37-38-39-40-41-42-43-44-46-48-50-52-54-62(75)71-58(59(74)53-51-49-47-45-12-10-8-6-4-2)57-81-69-67(80)65(78)68(61(56-73)83-69)84-70-66(79)64(77)63(76)60(55-72)82-70/h14-15,17-18,51,53,58-61,63-70,72-74,76-80H,3-13,16,19-50,52,54-57H2,1-2H3,(H,71,75)/b15-14-,18-17-,53-51+. The van der Waals surface area contributed by atoms with E-state index in [4.69, 9.17) is 18.9 Å². The van der Waals surface area contributed by atoms with Crippen molar-refractivity contribution in [3.63, 3.8) is 0 Å². The van der Waals surface area contributed by atoms with Crippen molar-refractivity contribution in [1.29, 1.82) is 0 Å². The minimum absolute atomic E-state index is 0.237. The normalized spacial score (nSPS) is 23.8. The molecule has 0 aromatic carbocycles. The van der Waals surface area contributed by atoms with Crippen LogP contribution in [0.25, 0.3) is 0 Å². The molecular formula is C70H131NO13. The average Bonchev–Trinajstić information content (AvgIpc) is 2.28. The van der Waals surface area contributed by atoms with E-state index < -0.39 is 86.8 Å². The summed E-state index contributed by atoms with van der Waals surface area (Å²) in [6, 6.07) is -0.910. The lowest BCUT2D eigenvalue weighted by molar-refractivity contribution is -0.359. The Hall–Kier alpha value is -1.79. The van der Waals surface area contributed by atoms with E-state index in [0.717, 1.165) is 44.9 Å². The first-order chi connectivity index (χ1) is 41.1. The van der Waals surface area contributed by atoms with Crippen LogP contribution >= 0.6 is 0 Å². The van der Waals surface area contributed by atoms with Crippen LogP contribution in [0.4, 0.5) is 0 Å². The molecule has 9 N–H and O–H groups in total. The first-order valence-corrected chi connectivity index (χ1v) is 35.2. The van der Waals surface area contributed by atoms with Crippen molar-refractivity contribution in [2.24, 2.45) is 0 Å². The smallest absolute Gasteiger partial charge is 0.220 e. The minimum Gasteiger partial charge on any atom is -0.394 e. The van der Waals surface area contributed by atoms with E-state index in [0.29, 0.717) is 6.42 Å². The molecule has 84 heavy (non-hydrogen) atoms. The second-order valence-corrected chi connectivity index (χ2v) is 25.0. The van der Waals surface area contributed by atoms with E-state index in [1.54, 1.807) is 6.08 Å².